The molecule has 386 valence electrons. The van der Waals surface area contributed by atoms with Crippen LogP contribution in [0.15, 0.2) is 0 Å². The highest BCUT2D eigenvalue weighted by Crippen LogP contribution is 2.18. The van der Waals surface area contributed by atoms with Crippen LogP contribution in [0.4, 0.5) is 0 Å². The second-order valence-electron chi connectivity index (χ2n) is 21.2. The number of hydrogen-bond acceptors (Lipinski definition) is 6. The van der Waals surface area contributed by atoms with Gasteiger partial charge < -0.3 is 14.2 Å². The Morgan fingerprint density at radius 2 is 0.508 bits per heavy atom. The lowest BCUT2D eigenvalue weighted by Crippen LogP contribution is -2.30. The summed E-state index contributed by atoms with van der Waals surface area (Å²) in [5, 5.41) is 0. The van der Waals surface area contributed by atoms with Crippen molar-refractivity contribution in [2.24, 2.45) is 11.8 Å². The molecular weight excluding hydrogens is 805 g/mol. The number of carbonyl (C=O) groups is 3. The van der Waals surface area contributed by atoms with Crippen LogP contribution in [-0.4, -0.2) is 37.2 Å². The van der Waals surface area contributed by atoms with Crippen molar-refractivity contribution in [3.05, 3.63) is 0 Å². The van der Waals surface area contributed by atoms with Crippen LogP contribution in [0.1, 0.15) is 330 Å². The Bertz CT molecular complexity index is 993. The van der Waals surface area contributed by atoms with Gasteiger partial charge in [0.25, 0.3) is 0 Å². The first-order valence-corrected chi connectivity index (χ1v) is 29.2. The molecule has 0 fully saturated rings. The second-order valence-corrected chi connectivity index (χ2v) is 21.2. The Balaban J connectivity index is 4.27. The molecular formula is C59H114O6. The molecule has 0 rings (SSSR count). The maximum absolute atomic E-state index is 12.9. The first-order valence-electron chi connectivity index (χ1n) is 29.2. The van der Waals surface area contributed by atoms with Gasteiger partial charge in [0.15, 0.2) is 6.10 Å². The lowest BCUT2D eigenvalue weighted by Gasteiger charge is -2.18. The normalized spacial score (nSPS) is 12.0. The van der Waals surface area contributed by atoms with Gasteiger partial charge in [0.2, 0.25) is 0 Å². The number of unbranched alkanes of at least 4 members (excludes halogenated alkanes) is 38. The van der Waals surface area contributed by atoms with Gasteiger partial charge in [-0.3, -0.25) is 14.4 Å². The molecule has 0 bridgehead atoms. The number of esters is 3. The number of rotatable bonds is 53. The fourth-order valence-corrected chi connectivity index (χ4v) is 9.05. The van der Waals surface area contributed by atoms with E-state index in [1.165, 1.54) is 218 Å². The zero-order valence-corrected chi connectivity index (χ0v) is 44.6. The highest BCUT2D eigenvalue weighted by atomic mass is 16.6. The van der Waals surface area contributed by atoms with E-state index >= 15 is 0 Å². The Kier molecular flexibility index (Phi) is 50.5. The Hall–Kier alpha value is -1.59. The zero-order valence-electron chi connectivity index (χ0n) is 44.6. The van der Waals surface area contributed by atoms with Crippen molar-refractivity contribution < 1.29 is 28.6 Å². The molecule has 0 saturated heterocycles. The summed E-state index contributed by atoms with van der Waals surface area (Å²) in [6.07, 6.45) is 55.2. The summed E-state index contributed by atoms with van der Waals surface area (Å²) in [7, 11) is 0. The Labute approximate surface area is 406 Å². The van der Waals surface area contributed by atoms with Crippen molar-refractivity contribution in [3.8, 4) is 0 Å². The molecule has 0 heterocycles. The van der Waals surface area contributed by atoms with E-state index in [0.717, 1.165) is 69.6 Å². The number of hydrogen-bond donors (Lipinski definition) is 0. The minimum Gasteiger partial charge on any atom is -0.462 e. The molecule has 6 nitrogen and oxygen atoms in total. The molecule has 0 radical (unpaired) electrons. The minimum atomic E-state index is -0.762. The van der Waals surface area contributed by atoms with Crippen LogP contribution >= 0.6 is 0 Å². The molecule has 0 aromatic rings. The summed E-state index contributed by atoms with van der Waals surface area (Å²) < 4.78 is 16.9. The predicted molar refractivity (Wildman–Crippen MR) is 280 cm³/mol. The van der Waals surface area contributed by atoms with E-state index in [2.05, 4.69) is 34.6 Å². The quantitative estimate of drug-likeness (QED) is 0.0344. The standard InChI is InChI=1S/C59H114O6/c1-6-7-8-9-10-11-12-24-29-34-39-44-49-57(60)63-52-56(65-59(62)51-46-41-36-31-26-21-17-16-19-23-28-33-38-43-48-55(4)5)53-64-58(61)50-45-40-35-30-25-20-15-13-14-18-22-27-32-37-42-47-54(2)3/h54-56H,6-53H2,1-5H3/t56-/m1/s1. The van der Waals surface area contributed by atoms with E-state index in [0.29, 0.717) is 19.3 Å². The second kappa shape index (κ2) is 51.8. The lowest BCUT2D eigenvalue weighted by molar-refractivity contribution is -0.167. The third kappa shape index (κ3) is 53.2. The predicted octanol–water partition coefficient (Wildman–Crippen LogP) is 19.3. The fourth-order valence-electron chi connectivity index (χ4n) is 9.05. The molecule has 0 unspecified atom stereocenters. The molecule has 6 heteroatoms. The first-order chi connectivity index (χ1) is 31.7. The van der Waals surface area contributed by atoms with Crippen LogP contribution in [0, 0.1) is 11.8 Å². The van der Waals surface area contributed by atoms with Gasteiger partial charge in [0.1, 0.15) is 13.2 Å². The van der Waals surface area contributed by atoms with Gasteiger partial charge in [0, 0.05) is 19.3 Å². The van der Waals surface area contributed by atoms with Crippen LogP contribution < -0.4 is 0 Å². The van der Waals surface area contributed by atoms with Crippen molar-refractivity contribution in [2.75, 3.05) is 13.2 Å². The topological polar surface area (TPSA) is 78.9 Å². The van der Waals surface area contributed by atoms with Crippen molar-refractivity contribution in [1.82, 2.24) is 0 Å². The van der Waals surface area contributed by atoms with E-state index in [1.54, 1.807) is 0 Å². The Morgan fingerprint density at radius 1 is 0.292 bits per heavy atom. The molecule has 0 aromatic carbocycles. The summed E-state index contributed by atoms with van der Waals surface area (Å²) in [4.78, 5) is 38.1. The highest BCUT2D eigenvalue weighted by Gasteiger charge is 2.19. The maximum Gasteiger partial charge on any atom is 0.306 e. The average Bonchev–Trinajstić information content (AvgIpc) is 3.28. The lowest BCUT2D eigenvalue weighted by atomic mass is 10.0. The van der Waals surface area contributed by atoms with E-state index in [1.807, 2.05) is 0 Å². The SMILES string of the molecule is CCCCCCCCCCCCCCC(=O)OC[C@H](COC(=O)CCCCCCCCCCCCCCCCCC(C)C)OC(=O)CCCCCCCCCCCCCCCCC(C)C. The van der Waals surface area contributed by atoms with Crippen molar-refractivity contribution in [1.29, 1.82) is 0 Å². The van der Waals surface area contributed by atoms with Gasteiger partial charge in [-0.1, -0.05) is 291 Å². The van der Waals surface area contributed by atoms with Crippen LogP contribution in [-0.2, 0) is 28.6 Å². The molecule has 0 aliphatic carbocycles. The smallest absolute Gasteiger partial charge is 0.306 e. The summed E-state index contributed by atoms with van der Waals surface area (Å²) in [5.74, 6) is 0.855. The third-order valence-electron chi connectivity index (χ3n) is 13.5. The van der Waals surface area contributed by atoms with Gasteiger partial charge in [-0.2, -0.15) is 0 Å². The van der Waals surface area contributed by atoms with Crippen LogP contribution in [0.3, 0.4) is 0 Å². The average molecular weight is 920 g/mol. The van der Waals surface area contributed by atoms with Gasteiger partial charge in [-0.15, -0.1) is 0 Å². The van der Waals surface area contributed by atoms with Crippen LogP contribution in [0.25, 0.3) is 0 Å². The molecule has 65 heavy (non-hydrogen) atoms. The summed E-state index contributed by atoms with van der Waals surface area (Å²) in [5.41, 5.74) is 0. The van der Waals surface area contributed by atoms with Crippen LogP contribution in [0.5, 0.6) is 0 Å². The molecule has 0 aliphatic rings. The maximum atomic E-state index is 12.9. The van der Waals surface area contributed by atoms with E-state index < -0.39 is 6.10 Å². The monoisotopic (exact) mass is 919 g/mol. The highest BCUT2D eigenvalue weighted by molar-refractivity contribution is 5.71. The first kappa shape index (κ1) is 63.4. The molecule has 1 atom stereocenters. The molecule has 0 N–H and O–H groups in total. The molecule has 0 saturated carbocycles. The van der Waals surface area contributed by atoms with E-state index in [9.17, 15) is 14.4 Å². The summed E-state index contributed by atoms with van der Waals surface area (Å²) in [6, 6.07) is 0. The van der Waals surface area contributed by atoms with Crippen molar-refractivity contribution in [3.63, 3.8) is 0 Å². The molecule has 0 spiro atoms. The van der Waals surface area contributed by atoms with Crippen molar-refractivity contribution >= 4 is 17.9 Å². The number of ether oxygens (including phenoxy) is 3. The van der Waals surface area contributed by atoms with E-state index in [-0.39, 0.29) is 31.1 Å². The largest absolute Gasteiger partial charge is 0.462 e. The van der Waals surface area contributed by atoms with Gasteiger partial charge >= 0.3 is 17.9 Å². The molecule has 0 aliphatic heterocycles. The molecule has 0 amide bonds. The van der Waals surface area contributed by atoms with Gasteiger partial charge in [-0.05, 0) is 31.1 Å². The van der Waals surface area contributed by atoms with Gasteiger partial charge in [-0.25, -0.2) is 0 Å². The Morgan fingerprint density at radius 3 is 0.754 bits per heavy atom. The minimum absolute atomic E-state index is 0.0624. The summed E-state index contributed by atoms with van der Waals surface area (Å²) in [6.45, 7) is 11.4. The zero-order chi connectivity index (χ0) is 47.5. The fraction of sp³-hybridized carbons (Fsp3) is 0.949. The molecule has 0 aromatic heterocycles. The third-order valence-corrected chi connectivity index (χ3v) is 13.5. The van der Waals surface area contributed by atoms with Gasteiger partial charge in [0.05, 0.1) is 0 Å². The van der Waals surface area contributed by atoms with Crippen molar-refractivity contribution in [2.45, 2.75) is 336 Å². The van der Waals surface area contributed by atoms with E-state index in [4.69, 9.17) is 14.2 Å². The number of carbonyl (C=O) groups excluding carboxylic acids is 3. The summed E-state index contributed by atoms with van der Waals surface area (Å²) >= 11 is 0. The van der Waals surface area contributed by atoms with Crippen LogP contribution in [0.2, 0.25) is 0 Å².